The zero-order valence-corrected chi connectivity index (χ0v) is 18.0. The smallest absolute Gasteiger partial charge is 0.160 e. The second kappa shape index (κ2) is 8.99. The third-order valence-corrected chi connectivity index (χ3v) is 7.50. The van der Waals surface area contributed by atoms with E-state index in [0.29, 0.717) is 12.3 Å². The minimum Gasteiger partial charge on any atom is -0.493 e. The molecule has 2 fully saturated rings. The fraction of sp³-hybridized carbons (Fsp3) is 0.500. The number of thioether (sulfide) groups is 1. The van der Waals surface area contributed by atoms with E-state index >= 15 is 0 Å². The van der Waals surface area contributed by atoms with Gasteiger partial charge in [-0.1, -0.05) is 24.3 Å². The Morgan fingerprint density at radius 2 is 1.79 bits per heavy atom. The second-order valence-electron chi connectivity index (χ2n) is 8.15. The highest BCUT2D eigenvalue weighted by Gasteiger charge is 2.31. The van der Waals surface area contributed by atoms with Gasteiger partial charge in [-0.05, 0) is 72.4 Å². The molecular weight excluding hydrogens is 384 g/mol. The number of ether oxygens (including phenoxy) is 2. The quantitative estimate of drug-likeness (QED) is 0.700. The Labute approximate surface area is 177 Å². The molecule has 2 N–H and O–H groups in total. The molecule has 29 heavy (non-hydrogen) atoms. The summed E-state index contributed by atoms with van der Waals surface area (Å²) in [6.07, 6.45) is 4.47. The van der Waals surface area contributed by atoms with Gasteiger partial charge >= 0.3 is 0 Å². The lowest BCUT2D eigenvalue weighted by Gasteiger charge is -2.32. The maximum atomic E-state index is 10.3. The first kappa shape index (κ1) is 20.6. The maximum absolute atomic E-state index is 10.3. The van der Waals surface area contributed by atoms with Crippen LogP contribution in [0, 0.1) is 0 Å². The topological polar surface area (TPSA) is 58.9 Å². The highest BCUT2D eigenvalue weighted by molar-refractivity contribution is 8.00. The van der Waals surface area contributed by atoms with Crippen molar-refractivity contribution in [2.45, 2.75) is 54.6 Å². The predicted molar refractivity (Wildman–Crippen MR) is 117 cm³/mol. The summed E-state index contributed by atoms with van der Waals surface area (Å²) < 4.78 is 10.9. The molecule has 0 bridgehead atoms. The van der Waals surface area contributed by atoms with Crippen LogP contribution in [0.25, 0.3) is 0 Å². The number of aliphatic hydroxyl groups excluding tert-OH is 2. The average Bonchev–Trinajstić information content (AvgIpc) is 3.58. The largest absolute Gasteiger partial charge is 0.493 e. The van der Waals surface area contributed by atoms with Crippen molar-refractivity contribution in [3.05, 3.63) is 58.7 Å². The lowest BCUT2D eigenvalue weighted by Crippen LogP contribution is -2.26. The van der Waals surface area contributed by atoms with E-state index in [9.17, 15) is 10.2 Å². The molecule has 4 nitrogen and oxygen atoms in total. The van der Waals surface area contributed by atoms with E-state index < -0.39 is 0 Å². The van der Waals surface area contributed by atoms with Gasteiger partial charge in [0.1, 0.15) is 0 Å². The number of rotatable bonds is 7. The van der Waals surface area contributed by atoms with E-state index in [2.05, 4.69) is 30.3 Å². The number of methoxy groups -OCH3 is 2. The van der Waals surface area contributed by atoms with Crippen LogP contribution in [0.2, 0.25) is 0 Å². The first-order valence-electron chi connectivity index (χ1n) is 10.4. The zero-order valence-electron chi connectivity index (χ0n) is 17.1. The van der Waals surface area contributed by atoms with Crippen LogP contribution in [-0.4, -0.2) is 42.4 Å². The van der Waals surface area contributed by atoms with Gasteiger partial charge in [-0.3, -0.25) is 0 Å². The number of benzene rings is 2. The van der Waals surface area contributed by atoms with Crippen molar-refractivity contribution in [3.63, 3.8) is 0 Å². The molecule has 0 spiro atoms. The fourth-order valence-corrected chi connectivity index (χ4v) is 5.83. The highest BCUT2D eigenvalue weighted by atomic mass is 32.2. The Morgan fingerprint density at radius 3 is 2.48 bits per heavy atom. The van der Waals surface area contributed by atoms with E-state index in [1.807, 2.05) is 6.07 Å². The van der Waals surface area contributed by atoms with E-state index in [0.717, 1.165) is 24.3 Å². The third-order valence-electron chi connectivity index (χ3n) is 5.98. The van der Waals surface area contributed by atoms with Gasteiger partial charge in [0.25, 0.3) is 0 Å². The molecule has 1 aliphatic heterocycles. The molecule has 1 heterocycles. The summed E-state index contributed by atoms with van der Waals surface area (Å²) in [5.74, 6) is 2.18. The first-order valence-corrected chi connectivity index (χ1v) is 11.3. The van der Waals surface area contributed by atoms with Crippen molar-refractivity contribution in [2.24, 2.45) is 0 Å². The maximum Gasteiger partial charge on any atom is 0.160 e. The molecular formula is C24H30O4S. The van der Waals surface area contributed by atoms with Crippen LogP contribution >= 0.6 is 11.8 Å². The molecule has 5 heteroatoms. The Kier molecular flexibility index (Phi) is 6.38. The third kappa shape index (κ3) is 4.73. The number of hydrogen-bond acceptors (Lipinski definition) is 5. The normalized spacial score (nSPS) is 24.3. The van der Waals surface area contributed by atoms with Crippen LogP contribution in [0.4, 0.5) is 0 Å². The summed E-state index contributed by atoms with van der Waals surface area (Å²) >= 11 is 1.80. The zero-order chi connectivity index (χ0) is 20.4. The molecule has 2 aromatic carbocycles. The Hall–Kier alpha value is -1.69. The van der Waals surface area contributed by atoms with Gasteiger partial charge in [0.15, 0.2) is 11.5 Å². The molecule has 156 valence electrons. The van der Waals surface area contributed by atoms with Gasteiger partial charge in [0, 0.05) is 10.5 Å². The monoisotopic (exact) mass is 414 g/mol. The van der Waals surface area contributed by atoms with Crippen molar-refractivity contribution in [1.82, 2.24) is 0 Å². The van der Waals surface area contributed by atoms with E-state index in [1.165, 1.54) is 35.1 Å². The van der Waals surface area contributed by atoms with Crippen molar-refractivity contribution >= 4 is 11.8 Å². The molecule has 3 atom stereocenters. The van der Waals surface area contributed by atoms with Crippen LogP contribution in [0.15, 0.2) is 36.4 Å². The standard InChI is InChI=1S/C24H30O4S/c1-27-22-8-3-15(10-23(22)28-2)9-18-11-17(6-7-21(18)16-4-5-16)24-13-19(26)12-20(14-25)29-24/h3,6-8,10-11,16,19-20,24-26H,4-5,9,12-14H2,1-2H3/t19-,20-,24+/m0/s1. The van der Waals surface area contributed by atoms with Crippen molar-refractivity contribution in [1.29, 1.82) is 0 Å². The fourth-order valence-electron chi connectivity index (χ4n) is 4.30. The molecule has 2 aromatic rings. The van der Waals surface area contributed by atoms with Crippen LogP contribution in [0.5, 0.6) is 11.5 Å². The molecule has 0 radical (unpaired) electrons. The van der Waals surface area contributed by atoms with Gasteiger partial charge in [-0.2, -0.15) is 0 Å². The molecule has 0 amide bonds. The summed E-state index contributed by atoms with van der Waals surface area (Å²) in [7, 11) is 3.32. The molecule has 0 aromatic heterocycles. The van der Waals surface area contributed by atoms with Crippen molar-refractivity contribution in [3.8, 4) is 11.5 Å². The summed E-state index contributed by atoms with van der Waals surface area (Å²) in [6.45, 7) is 0.122. The Bertz CT molecular complexity index is 849. The molecule has 0 unspecified atom stereocenters. The lowest BCUT2D eigenvalue weighted by atomic mass is 9.92. The summed E-state index contributed by atoms with van der Waals surface area (Å²) in [4.78, 5) is 0. The average molecular weight is 415 g/mol. The van der Waals surface area contributed by atoms with Crippen LogP contribution < -0.4 is 9.47 Å². The predicted octanol–water partition coefficient (Wildman–Crippen LogP) is 4.46. The minimum absolute atomic E-state index is 0.112. The SMILES string of the molecule is COc1ccc(Cc2cc([C@H]3C[C@@H](O)C[C@@H](CO)S3)ccc2C2CC2)cc1OC. The van der Waals surface area contributed by atoms with Gasteiger partial charge in [0.2, 0.25) is 0 Å². The summed E-state index contributed by atoms with van der Waals surface area (Å²) in [5, 5.41) is 20.2. The molecule has 1 saturated heterocycles. The Balaban J connectivity index is 1.62. The second-order valence-corrected chi connectivity index (χ2v) is 9.66. The highest BCUT2D eigenvalue weighted by Crippen LogP contribution is 2.46. The first-order chi connectivity index (χ1) is 14.1. The van der Waals surface area contributed by atoms with E-state index in [4.69, 9.17) is 9.47 Å². The van der Waals surface area contributed by atoms with E-state index in [1.54, 1.807) is 26.0 Å². The number of hydrogen-bond donors (Lipinski definition) is 2. The summed E-state index contributed by atoms with van der Waals surface area (Å²) in [5.41, 5.74) is 5.26. The molecule has 1 saturated carbocycles. The van der Waals surface area contributed by atoms with E-state index in [-0.39, 0.29) is 23.2 Å². The van der Waals surface area contributed by atoms with Gasteiger partial charge in [0.05, 0.1) is 26.9 Å². The van der Waals surface area contributed by atoms with Crippen LogP contribution in [0.1, 0.15) is 59.1 Å². The van der Waals surface area contributed by atoms with Crippen molar-refractivity contribution in [2.75, 3.05) is 20.8 Å². The van der Waals surface area contributed by atoms with Crippen molar-refractivity contribution < 1.29 is 19.7 Å². The number of aliphatic hydroxyl groups is 2. The van der Waals surface area contributed by atoms with Gasteiger partial charge < -0.3 is 19.7 Å². The summed E-state index contributed by atoms with van der Waals surface area (Å²) in [6, 6.07) is 13.0. The van der Waals surface area contributed by atoms with Gasteiger partial charge in [-0.25, -0.2) is 0 Å². The van der Waals surface area contributed by atoms with Crippen LogP contribution in [-0.2, 0) is 6.42 Å². The van der Waals surface area contributed by atoms with Crippen LogP contribution in [0.3, 0.4) is 0 Å². The lowest BCUT2D eigenvalue weighted by molar-refractivity contribution is 0.137. The minimum atomic E-state index is -0.337. The van der Waals surface area contributed by atoms with Gasteiger partial charge in [-0.15, -0.1) is 11.8 Å². The molecule has 1 aliphatic carbocycles. The Morgan fingerprint density at radius 1 is 1.00 bits per heavy atom. The molecule has 4 rings (SSSR count). The molecule has 2 aliphatic rings.